The summed E-state index contributed by atoms with van der Waals surface area (Å²) in [6, 6.07) is 21.0. The van der Waals surface area contributed by atoms with E-state index in [1.807, 2.05) is 18.2 Å². The minimum atomic E-state index is -2.62. The fraction of sp³-hybridized carbons (Fsp3) is 0.467. The summed E-state index contributed by atoms with van der Waals surface area (Å²) < 4.78 is 17.6. The van der Waals surface area contributed by atoms with Gasteiger partial charge in [0.05, 0.1) is 0 Å². The highest BCUT2D eigenvalue weighted by atomic mass is 28.4. The van der Waals surface area contributed by atoms with Crippen molar-refractivity contribution in [1.82, 2.24) is 0 Å². The standard InChI is InChI=1S/C30H42O4Si/c1-7-14-25(2)23-27(33-24-32-6)20-19-26(31)21-22-34-35(30(3,4)5,28-15-10-8-11-16-28)29-17-12-9-13-18-29/h7-13,15-18,25-27,31H,1,14,21-24H2,2-6H3/t25-,26?,27+/m0/s1. The molecule has 0 heterocycles. The second kappa shape index (κ2) is 14.4. The van der Waals surface area contributed by atoms with Crippen LogP contribution in [-0.4, -0.2) is 46.1 Å². The lowest BCUT2D eigenvalue weighted by Gasteiger charge is -2.43. The van der Waals surface area contributed by atoms with E-state index in [0.29, 0.717) is 18.9 Å². The molecule has 1 N–H and O–H groups in total. The number of methoxy groups -OCH3 is 1. The van der Waals surface area contributed by atoms with Crippen molar-refractivity contribution >= 4 is 18.7 Å². The Morgan fingerprint density at radius 1 is 1.00 bits per heavy atom. The van der Waals surface area contributed by atoms with Crippen LogP contribution in [0.1, 0.15) is 47.0 Å². The lowest BCUT2D eigenvalue weighted by atomic mass is 10.00. The molecule has 0 amide bonds. The Bertz CT molecular complexity index is 888. The predicted octanol–water partition coefficient (Wildman–Crippen LogP) is 4.91. The van der Waals surface area contributed by atoms with Crippen molar-refractivity contribution in [2.75, 3.05) is 20.5 Å². The van der Waals surface area contributed by atoms with Crippen molar-refractivity contribution in [2.24, 2.45) is 5.92 Å². The quantitative estimate of drug-likeness (QED) is 0.186. The number of aliphatic hydroxyl groups excluding tert-OH is 1. The Balaban J connectivity index is 2.19. The average Bonchev–Trinajstić information content (AvgIpc) is 2.84. The molecule has 0 aliphatic rings. The SMILES string of the molecule is C=CC[C@H](C)C[C@@H](C#CC(O)CCO[Si](c1ccccc1)(c1ccccc1)C(C)(C)C)OCOC. The van der Waals surface area contributed by atoms with Gasteiger partial charge in [-0.05, 0) is 34.2 Å². The fourth-order valence-electron chi connectivity index (χ4n) is 4.41. The van der Waals surface area contributed by atoms with E-state index in [9.17, 15) is 5.11 Å². The maximum atomic E-state index is 10.7. The van der Waals surface area contributed by atoms with E-state index in [2.05, 4.69) is 94.6 Å². The molecule has 35 heavy (non-hydrogen) atoms. The van der Waals surface area contributed by atoms with E-state index in [0.717, 1.165) is 12.8 Å². The number of benzene rings is 2. The van der Waals surface area contributed by atoms with Gasteiger partial charge in [0.2, 0.25) is 0 Å². The third kappa shape index (κ3) is 8.45. The molecule has 0 radical (unpaired) electrons. The van der Waals surface area contributed by atoms with Gasteiger partial charge in [0, 0.05) is 20.1 Å². The van der Waals surface area contributed by atoms with Crippen LogP contribution in [0, 0.1) is 17.8 Å². The van der Waals surface area contributed by atoms with Gasteiger partial charge in [0.25, 0.3) is 8.32 Å². The summed E-state index contributed by atoms with van der Waals surface area (Å²) in [5, 5.41) is 13.0. The van der Waals surface area contributed by atoms with E-state index >= 15 is 0 Å². The maximum absolute atomic E-state index is 10.7. The molecule has 0 saturated heterocycles. The van der Waals surface area contributed by atoms with Crippen LogP contribution in [0.5, 0.6) is 0 Å². The summed E-state index contributed by atoms with van der Waals surface area (Å²) in [5.41, 5.74) is 0. The Morgan fingerprint density at radius 2 is 1.57 bits per heavy atom. The Labute approximate surface area is 213 Å². The van der Waals surface area contributed by atoms with Crippen molar-refractivity contribution in [1.29, 1.82) is 0 Å². The molecule has 3 atom stereocenters. The Kier molecular flexibility index (Phi) is 11.9. The highest BCUT2D eigenvalue weighted by Crippen LogP contribution is 2.36. The first-order chi connectivity index (χ1) is 16.7. The Hall–Kier alpha value is -2.20. The molecule has 0 fully saturated rings. The smallest absolute Gasteiger partial charge is 0.261 e. The maximum Gasteiger partial charge on any atom is 0.261 e. The van der Waals surface area contributed by atoms with Crippen LogP contribution in [0.3, 0.4) is 0 Å². The summed E-state index contributed by atoms with van der Waals surface area (Å²) in [6.07, 6.45) is 2.89. The molecular weight excluding hydrogens is 452 g/mol. The van der Waals surface area contributed by atoms with Gasteiger partial charge in [-0.3, -0.25) is 0 Å². The summed E-state index contributed by atoms with van der Waals surface area (Å²) in [7, 11) is -1.03. The van der Waals surface area contributed by atoms with Crippen LogP contribution in [0.15, 0.2) is 73.3 Å². The van der Waals surface area contributed by atoms with E-state index in [4.69, 9.17) is 13.9 Å². The van der Waals surface area contributed by atoms with Crippen molar-refractivity contribution in [2.45, 2.75) is 64.2 Å². The van der Waals surface area contributed by atoms with Crippen molar-refractivity contribution in [3.8, 4) is 11.8 Å². The van der Waals surface area contributed by atoms with E-state index in [1.54, 1.807) is 7.11 Å². The van der Waals surface area contributed by atoms with Gasteiger partial charge >= 0.3 is 0 Å². The molecule has 2 aromatic rings. The van der Waals surface area contributed by atoms with Crippen molar-refractivity contribution in [3.63, 3.8) is 0 Å². The number of allylic oxidation sites excluding steroid dienone is 1. The second-order valence-corrected chi connectivity index (χ2v) is 14.3. The fourth-order valence-corrected chi connectivity index (χ4v) is 8.99. The molecule has 0 spiro atoms. The normalized spacial score (nSPS) is 14.5. The zero-order chi connectivity index (χ0) is 25.7. The summed E-state index contributed by atoms with van der Waals surface area (Å²) in [4.78, 5) is 0. The first-order valence-electron chi connectivity index (χ1n) is 12.4. The van der Waals surface area contributed by atoms with Gasteiger partial charge in [-0.15, -0.1) is 6.58 Å². The molecule has 0 aromatic heterocycles. The predicted molar refractivity (Wildman–Crippen MR) is 147 cm³/mol. The van der Waals surface area contributed by atoms with E-state index < -0.39 is 14.4 Å². The molecule has 0 aliphatic heterocycles. The van der Waals surface area contributed by atoms with Gasteiger partial charge < -0.3 is 19.0 Å². The Morgan fingerprint density at radius 3 is 2.06 bits per heavy atom. The van der Waals surface area contributed by atoms with Crippen LogP contribution in [0.4, 0.5) is 0 Å². The molecular formula is C30H42O4Si. The minimum Gasteiger partial charge on any atom is -0.407 e. The van der Waals surface area contributed by atoms with Crippen molar-refractivity contribution in [3.05, 3.63) is 73.3 Å². The molecule has 0 bridgehead atoms. The zero-order valence-electron chi connectivity index (χ0n) is 22.0. The molecule has 0 aliphatic carbocycles. The lowest BCUT2D eigenvalue weighted by molar-refractivity contribution is -0.0577. The van der Waals surface area contributed by atoms with E-state index in [1.165, 1.54) is 10.4 Å². The molecule has 1 unspecified atom stereocenters. The van der Waals surface area contributed by atoms with Gasteiger partial charge in [0.1, 0.15) is 19.0 Å². The van der Waals surface area contributed by atoms with Gasteiger partial charge in [-0.1, -0.05) is 106 Å². The summed E-state index contributed by atoms with van der Waals surface area (Å²) >= 11 is 0. The zero-order valence-corrected chi connectivity index (χ0v) is 23.0. The molecule has 2 aromatic carbocycles. The van der Waals surface area contributed by atoms with Gasteiger partial charge in [0.15, 0.2) is 0 Å². The van der Waals surface area contributed by atoms with Crippen molar-refractivity contribution < 1.29 is 19.0 Å². The monoisotopic (exact) mass is 494 g/mol. The molecule has 0 saturated carbocycles. The van der Waals surface area contributed by atoms with Crippen LogP contribution in [-0.2, 0) is 13.9 Å². The minimum absolute atomic E-state index is 0.104. The lowest BCUT2D eigenvalue weighted by Crippen LogP contribution is -2.66. The molecule has 190 valence electrons. The number of aliphatic hydroxyl groups is 1. The first kappa shape index (κ1) is 29.0. The van der Waals surface area contributed by atoms with Crippen LogP contribution >= 0.6 is 0 Å². The highest BCUT2D eigenvalue weighted by Gasteiger charge is 2.50. The van der Waals surface area contributed by atoms with Crippen LogP contribution in [0.2, 0.25) is 5.04 Å². The molecule has 2 rings (SSSR count). The third-order valence-electron chi connectivity index (χ3n) is 6.11. The van der Waals surface area contributed by atoms with Crippen LogP contribution < -0.4 is 10.4 Å². The van der Waals surface area contributed by atoms with Crippen LogP contribution in [0.25, 0.3) is 0 Å². The summed E-state index contributed by atoms with van der Waals surface area (Å²) in [5.74, 6) is 6.47. The summed E-state index contributed by atoms with van der Waals surface area (Å²) in [6.45, 7) is 13.3. The first-order valence-corrected chi connectivity index (χ1v) is 14.3. The molecule has 4 nitrogen and oxygen atoms in total. The average molecular weight is 495 g/mol. The highest BCUT2D eigenvalue weighted by molar-refractivity contribution is 6.99. The van der Waals surface area contributed by atoms with Gasteiger partial charge in [-0.2, -0.15) is 0 Å². The second-order valence-electron chi connectivity index (χ2n) is 10.0. The molecule has 5 heteroatoms. The number of ether oxygens (including phenoxy) is 2. The van der Waals surface area contributed by atoms with Gasteiger partial charge in [-0.25, -0.2) is 0 Å². The van der Waals surface area contributed by atoms with E-state index in [-0.39, 0.29) is 17.9 Å². The topological polar surface area (TPSA) is 47.9 Å². The number of rotatable bonds is 13. The number of hydrogen-bond donors (Lipinski definition) is 1. The third-order valence-corrected chi connectivity index (χ3v) is 11.2. The largest absolute Gasteiger partial charge is 0.407 e. The number of hydrogen-bond acceptors (Lipinski definition) is 4.